The zero-order chi connectivity index (χ0) is 12.3. The first kappa shape index (κ1) is 12.6. The first-order valence-electron chi connectivity index (χ1n) is 5.45. The molecule has 1 aliphatic rings. The summed E-state index contributed by atoms with van der Waals surface area (Å²) in [6.07, 6.45) is 7.42. The van der Waals surface area contributed by atoms with Crippen molar-refractivity contribution in [1.29, 1.82) is 0 Å². The van der Waals surface area contributed by atoms with Crippen molar-refractivity contribution in [3.05, 3.63) is 18.1 Å². The number of alkyl halides is 1. The zero-order valence-electron chi connectivity index (χ0n) is 9.60. The molecule has 6 heteroatoms. The van der Waals surface area contributed by atoms with Crippen molar-refractivity contribution in [2.24, 2.45) is 0 Å². The summed E-state index contributed by atoms with van der Waals surface area (Å²) in [6, 6.07) is 0.345. The summed E-state index contributed by atoms with van der Waals surface area (Å²) in [5.41, 5.74) is 0.852. The molecule has 17 heavy (non-hydrogen) atoms. The fraction of sp³-hybridized carbons (Fsp3) is 0.545. The highest BCUT2D eigenvalue weighted by molar-refractivity contribution is 7.98. The average molecular weight is 272 g/mol. The maximum atomic E-state index is 11.7. The van der Waals surface area contributed by atoms with Crippen LogP contribution in [-0.2, 0) is 11.3 Å². The number of carbonyl (C=O) groups is 1. The zero-order valence-corrected chi connectivity index (χ0v) is 11.2. The Hall–Kier alpha value is -0.810. The van der Waals surface area contributed by atoms with E-state index in [2.05, 4.69) is 9.97 Å². The lowest BCUT2D eigenvalue weighted by Crippen LogP contribution is -2.34. The minimum Gasteiger partial charge on any atom is -0.333 e. The molecule has 1 saturated carbocycles. The lowest BCUT2D eigenvalue weighted by molar-refractivity contribution is -0.129. The van der Waals surface area contributed by atoms with Crippen molar-refractivity contribution in [2.75, 3.05) is 12.1 Å². The van der Waals surface area contributed by atoms with Gasteiger partial charge in [-0.2, -0.15) is 0 Å². The Labute approximate surface area is 110 Å². The van der Waals surface area contributed by atoms with Gasteiger partial charge >= 0.3 is 0 Å². The van der Waals surface area contributed by atoms with Gasteiger partial charge < -0.3 is 4.90 Å². The van der Waals surface area contributed by atoms with Gasteiger partial charge in [0.05, 0.1) is 12.2 Å². The Morgan fingerprint density at radius 2 is 2.24 bits per heavy atom. The summed E-state index contributed by atoms with van der Waals surface area (Å²) in [7, 11) is 0. The van der Waals surface area contributed by atoms with Crippen LogP contribution in [-0.4, -0.2) is 39.0 Å². The molecule has 0 radical (unpaired) electrons. The molecule has 0 unspecified atom stereocenters. The molecule has 4 nitrogen and oxygen atoms in total. The smallest absolute Gasteiger partial charge is 0.238 e. The van der Waals surface area contributed by atoms with E-state index in [4.69, 9.17) is 11.6 Å². The van der Waals surface area contributed by atoms with Gasteiger partial charge in [-0.25, -0.2) is 4.98 Å². The first-order valence-corrected chi connectivity index (χ1v) is 7.21. The monoisotopic (exact) mass is 271 g/mol. The van der Waals surface area contributed by atoms with Crippen LogP contribution in [0, 0.1) is 0 Å². The van der Waals surface area contributed by atoms with E-state index in [0.29, 0.717) is 12.6 Å². The number of aromatic nitrogens is 2. The molecule has 0 aromatic carbocycles. The van der Waals surface area contributed by atoms with Crippen LogP contribution in [0.2, 0.25) is 0 Å². The number of carbonyl (C=O) groups excluding carboxylic acids is 1. The normalized spacial score (nSPS) is 14.7. The molecule has 1 heterocycles. The third-order valence-electron chi connectivity index (χ3n) is 2.67. The number of amides is 1. The predicted molar refractivity (Wildman–Crippen MR) is 68.1 cm³/mol. The average Bonchev–Trinajstić information content (AvgIpc) is 3.19. The summed E-state index contributed by atoms with van der Waals surface area (Å²) in [5, 5.41) is 0.875. The molecule has 92 valence electrons. The molecule has 0 bridgehead atoms. The van der Waals surface area contributed by atoms with E-state index in [1.165, 1.54) is 0 Å². The second kappa shape index (κ2) is 5.69. The third-order valence-corrected chi connectivity index (χ3v) is 3.63. The van der Waals surface area contributed by atoms with E-state index < -0.39 is 0 Å². The van der Waals surface area contributed by atoms with Crippen molar-refractivity contribution < 1.29 is 4.79 Å². The lowest BCUT2D eigenvalue weighted by atomic mass is 10.3. The van der Waals surface area contributed by atoms with Crippen LogP contribution in [0.4, 0.5) is 0 Å². The maximum absolute atomic E-state index is 11.7. The van der Waals surface area contributed by atoms with Crippen LogP contribution in [0.5, 0.6) is 0 Å². The highest BCUT2D eigenvalue weighted by Crippen LogP contribution is 2.29. The fourth-order valence-electron chi connectivity index (χ4n) is 1.68. The van der Waals surface area contributed by atoms with Crippen LogP contribution < -0.4 is 0 Å². The summed E-state index contributed by atoms with van der Waals surface area (Å²) in [6.45, 7) is 0.514. The molecule has 1 aromatic heterocycles. The van der Waals surface area contributed by atoms with Crippen molar-refractivity contribution in [2.45, 2.75) is 30.5 Å². The van der Waals surface area contributed by atoms with Gasteiger partial charge in [-0.1, -0.05) is 0 Å². The number of rotatable bonds is 5. The summed E-state index contributed by atoms with van der Waals surface area (Å²) >= 11 is 7.17. The Bertz CT molecular complexity index is 411. The van der Waals surface area contributed by atoms with Gasteiger partial charge in [0.15, 0.2) is 0 Å². The van der Waals surface area contributed by atoms with Crippen LogP contribution in [0.15, 0.2) is 17.4 Å². The molecule has 1 aliphatic carbocycles. The highest BCUT2D eigenvalue weighted by atomic mass is 35.5. The largest absolute Gasteiger partial charge is 0.333 e. The van der Waals surface area contributed by atoms with Crippen molar-refractivity contribution >= 4 is 29.3 Å². The van der Waals surface area contributed by atoms with Gasteiger partial charge in [-0.3, -0.25) is 9.78 Å². The Kier molecular flexibility index (Phi) is 4.23. The topological polar surface area (TPSA) is 46.1 Å². The number of nitrogens with zero attached hydrogens (tertiary/aromatic N) is 3. The lowest BCUT2D eigenvalue weighted by Gasteiger charge is -2.21. The van der Waals surface area contributed by atoms with Gasteiger partial charge in [0.25, 0.3) is 0 Å². The molecule has 0 saturated heterocycles. The van der Waals surface area contributed by atoms with E-state index in [-0.39, 0.29) is 11.8 Å². The van der Waals surface area contributed by atoms with Gasteiger partial charge in [0.1, 0.15) is 10.9 Å². The first-order chi connectivity index (χ1) is 8.26. The van der Waals surface area contributed by atoms with Crippen molar-refractivity contribution in [1.82, 2.24) is 14.9 Å². The van der Waals surface area contributed by atoms with Crippen LogP contribution in [0.25, 0.3) is 0 Å². The van der Waals surface area contributed by atoms with Crippen LogP contribution in [0.1, 0.15) is 18.5 Å². The van der Waals surface area contributed by atoms with E-state index >= 15 is 0 Å². The number of hydrogen-bond acceptors (Lipinski definition) is 4. The summed E-state index contributed by atoms with van der Waals surface area (Å²) in [5.74, 6) is 0.0117. The second-order valence-corrected chi connectivity index (χ2v) is 4.96. The molecule has 2 rings (SSSR count). The van der Waals surface area contributed by atoms with Gasteiger partial charge in [-0.15, -0.1) is 23.4 Å². The highest BCUT2D eigenvalue weighted by Gasteiger charge is 2.32. The second-order valence-electron chi connectivity index (χ2n) is 3.90. The Morgan fingerprint density at radius 3 is 2.82 bits per heavy atom. The Morgan fingerprint density at radius 1 is 1.53 bits per heavy atom. The molecule has 0 aliphatic heterocycles. The number of halogens is 1. The SMILES string of the molecule is CSc1nccnc1CN(C(=O)CCl)C1CC1. The van der Waals surface area contributed by atoms with Crippen molar-refractivity contribution in [3.63, 3.8) is 0 Å². The molecule has 0 spiro atoms. The summed E-state index contributed by atoms with van der Waals surface area (Å²) < 4.78 is 0. The minimum atomic E-state index is -0.0214. The number of hydrogen-bond donors (Lipinski definition) is 0. The van der Waals surface area contributed by atoms with Gasteiger partial charge in [0, 0.05) is 18.4 Å². The van der Waals surface area contributed by atoms with Crippen molar-refractivity contribution in [3.8, 4) is 0 Å². The van der Waals surface area contributed by atoms with E-state index in [1.54, 1.807) is 24.2 Å². The quantitative estimate of drug-likeness (QED) is 0.606. The molecule has 0 N–H and O–H groups in total. The molecule has 1 amide bonds. The van der Waals surface area contributed by atoms with E-state index in [1.807, 2.05) is 11.2 Å². The van der Waals surface area contributed by atoms with E-state index in [0.717, 1.165) is 23.6 Å². The maximum Gasteiger partial charge on any atom is 0.238 e. The third kappa shape index (κ3) is 3.10. The van der Waals surface area contributed by atoms with E-state index in [9.17, 15) is 4.79 Å². The van der Waals surface area contributed by atoms with Gasteiger partial charge in [-0.05, 0) is 19.1 Å². The fourth-order valence-corrected chi connectivity index (χ4v) is 2.35. The molecular weight excluding hydrogens is 258 g/mol. The van der Waals surface area contributed by atoms with Gasteiger partial charge in [0.2, 0.25) is 5.91 Å². The summed E-state index contributed by atoms with van der Waals surface area (Å²) in [4.78, 5) is 22.1. The minimum absolute atomic E-state index is 0.0214. The molecule has 0 atom stereocenters. The van der Waals surface area contributed by atoms with Crippen LogP contribution in [0.3, 0.4) is 0 Å². The molecule has 1 aromatic rings. The Balaban J connectivity index is 2.14. The molecule has 1 fully saturated rings. The van der Waals surface area contributed by atoms with Crippen LogP contribution >= 0.6 is 23.4 Å². The standard InChI is InChI=1S/C11H14ClN3OS/c1-17-11-9(13-4-5-14-11)7-15(8-2-3-8)10(16)6-12/h4-5,8H,2-3,6-7H2,1H3. The predicted octanol–water partition coefficient (Wildman–Crippen LogP) is 1.93. The molecular formula is C11H14ClN3OS. The number of thioether (sulfide) groups is 1.